The first kappa shape index (κ1) is 8.99. The fraction of sp³-hybridized carbons (Fsp3) is 0.714. The zero-order valence-corrected chi connectivity index (χ0v) is 7.02. The lowest BCUT2D eigenvalue weighted by molar-refractivity contribution is -0.145. The van der Waals surface area contributed by atoms with Gasteiger partial charge in [0.25, 0.3) is 0 Å². The molecule has 0 aliphatic carbocycles. The van der Waals surface area contributed by atoms with Gasteiger partial charge in [-0.25, -0.2) is 0 Å². The van der Waals surface area contributed by atoms with E-state index in [2.05, 4.69) is 10.6 Å². The number of hydrogen-bond acceptors (Lipinski definition) is 3. The van der Waals surface area contributed by atoms with E-state index in [0.717, 1.165) is 0 Å². The van der Waals surface area contributed by atoms with Crippen molar-refractivity contribution in [2.45, 2.75) is 6.92 Å². The first-order valence-electron chi connectivity index (χ1n) is 3.92. The van der Waals surface area contributed by atoms with Crippen LogP contribution in [0.15, 0.2) is 0 Å². The van der Waals surface area contributed by atoms with Gasteiger partial charge in [0.2, 0.25) is 11.8 Å². The van der Waals surface area contributed by atoms with Crippen LogP contribution in [0.4, 0.5) is 0 Å². The van der Waals surface area contributed by atoms with E-state index in [1.54, 1.807) is 6.92 Å². The molecular weight excluding hydrogens is 158 g/mol. The van der Waals surface area contributed by atoms with Gasteiger partial charge in [-0.05, 0) is 6.92 Å². The maximum atomic E-state index is 11.3. The molecule has 1 rings (SSSR count). The van der Waals surface area contributed by atoms with Gasteiger partial charge < -0.3 is 16.4 Å². The Kier molecular flexibility index (Phi) is 2.32. The van der Waals surface area contributed by atoms with Crippen molar-refractivity contribution < 1.29 is 9.59 Å². The number of nitrogens with two attached hydrogens (primary N) is 1. The van der Waals surface area contributed by atoms with Crippen LogP contribution in [0, 0.1) is 5.41 Å². The highest BCUT2D eigenvalue weighted by atomic mass is 16.2. The van der Waals surface area contributed by atoms with Crippen LogP contribution in [0.3, 0.4) is 0 Å². The van der Waals surface area contributed by atoms with Crippen LogP contribution in [0.5, 0.6) is 0 Å². The number of carbonyl (C=O) groups excluding carboxylic acids is 2. The van der Waals surface area contributed by atoms with Gasteiger partial charge in [-0.2, -0.15) is 0 Å². The molecule has 0 radical (unpaired) electrons. The molecule has 1 heterocycles. The summed E-state index contributed by atoms with van der Waals surface area (Å²) in [7, 11) is 0. The van der Waals surface area contributed by atoms with Gasteiger partial charge in [-0.3, -0.25) is 9.59 Å². The SMILES string of the molecule is CCNC(=O)C1(C(N)=O)CNC1. The molecule has 0 bridgehead atoms. The fourth-order valence-electron chi connectivity index (χ4n) is 1.15. The van der Waals surface area contributed by atoms with E-state index in [4.69, 9.17) is 5.73 Å². The van der Waals surface area contributed by atoms with Crippen LogP contribution in [0.2, 0.25) is 0 Å². The topological polar surface area (TPSA) is 84.2 Å². The Labute approximate surface area is 70.7 Å². The summed E-state index contributed by atoms with van der Waals surface area (Å²) in [6, 6.07) is 0. The van der Waals surface area contributed by atoms with Crippen LogP contribution in [0.25, 0.3) is 0 Å². The van der Waals surface area contributed by atoms with E-state index in [1.807, 2.05) is 0 Å². The Bertz CT molecular complexity index is 211. The maximum Gasteiger partial charge on any atom is 0.238 e. The molecule has 0 aromatic heterocycles. The number of primary amides is 1. The van der Waals surface area contributed by atoms with E-state index < -0.39 is 11.3 Å². The Morgan fingerprint density at radius 2 is 2.17 bits per heavy atom. The lowest BCUT2D eigenvalue weighted by atomic mass is 9.80. The summed E-state index contributed by atoms with van der Waals surface area (Å²) in [5, 5.41) is 5.45. The van der Waals surface area contributed by atoms with Crippen molar-refractivity contribution in [1.29, 1.82) is 0 Å². The average Bonchev–Trinajstić information content (AvgIpc) is 1.83. The predicted molar refractivity (Wildman–Crippen MR) is 43.2 cm³/mol. The van der Waals surface area contributed by atoms with Crippen molar-refractivity contribution in [3.05, 3.63) is 0 Å². The zero-order chi connectivity index (χ0) is 9.19. The number of carbonyl (C=O) groups is 2. The van der Waals surface area contributed by atoms with Crippen LogP contribution in [0.1, 0.15) is 6.92 Å². The average molecular weight is 171 g/mol. The monoisotopic (exact) mass is 171 g/mol. The predicted octanol–water partition coefficient (Wildman–Crippen LogP) is -1.80. The second kappa shape index (κ2) is 3.10. The molecule has 0 atom stereocenters. The van der Waals surface area contributed by atoms with Crippen molar-refractivity contribution >= 4 is 11.8 Å². The lowest BCUT2D eigenvalue weighted by Gasteiger charge is -2.37. The number of hydrogen-bond donors (Lipinski definition) is 3. The molecule has 0 unspecified atom stereocenters. The summed E-state index contributed by atoms with van der Waals surface area (Å²) in [6.45, 7) is 3.04. The highest BCUT2D eigenvalue weighted by Crippen LogP contribution is 2.21. The number of amides is 2. The molecular formula is C7H13N3O2. The molecule has 5 heteroatoms. The van der Waals surface area contributed by atoms with Crippen molar-refractivity contribution in [3.63, 3.8) is 0 Å². The minimum atomic E-state index is -0.990. The number of nitrogens with one attached hydrogen (secondary N) is 2. The third-order valence-corrected chi connectivity index (χ3v) is 2.10. The largest absolute Gasteiger partial charge is 0.369 e. The summed E-state index contributed by atoms with van der Waals surface area (Å²) in [6.07, 6.45) is 0. The van der Waals surface area contributed by atoms with E-state index in [9.17, 15) is 9.59 Å². The first-order valence-corrected chi connectivity index (χ1v) is 3.92. The highest BCUT2D eigenvalue weighted by molar-refractivity contribution is 6.06. The van der Waals surface area contributed by atoms with Crippen molar-refractivity contribution in [2.75, 3.05) is 19.6 Å². The molecule has 0 aromatic carbocycles. The van der Waals surface area contributed by atoms with Crippen LogP contribution < -0.4 is 16.4 Å². The van der Waals surface area contributed by atoms with Gasteiger partial charge in [0.15, 0.2) is 5.41 Å². The van der Waals surface area contributed by atoms with E-state index in [0.29, 0.717) is 19.6 Å². The third-order valence-electron chi connectivity index (χ3n) is 2.10. The Morgan fingerprint density at radius 3 is 2.42 bits per heavy atom. The summed E-state index contributed by atoms with van der Waals surface area (Å²) in [5.41, 5.74) is 4.13. The highest BCUT2D eigenvalue weighted by Gasteiger charge is 2.49. The molecule has 68 valence electrons. The molecule has 2 amide bonds. The summed E-state index contributed by atoms with van der Waals surface area (Å²) >= 11 is 0. The summed E-state index contributed by atoms with van der Waals surface area (Å²) < 4.78 is 0. The molecule has 1 saturated heterocycles. The molecule has 0 spiro atoms. The van der Waals surface area contributed by atoms with E-state index in [1.165, 1.54) is 0 Å². The van der Waals surface area contributed by atoms with Gasteiger partial charge in [0.1, 0.15) is 0 Å². The van der Waals surface area contributed by atoms with Gasteiger partial charge in [0.05, 0.1) is 0 Å². The molecule has 12 heavy (non-hydrogen) atoms. The molecule has 1 aliphatic rings. The third kappa shape index (κ3) is 1.16. The van der Waals surface area contributed by atoms with Crippen molar-refractivity contribution in [3.8, 4) is 0 Å². The maximum absolute atomic E-state index is 11.3. The normalized spacial score (nSPS) is 19.4. The van der Waals surface area contributed by atoms with Gasteiger partial charge in [-0.1, -0.05) is 0 Å². The molecule has 4 N–H and O–H groups in total. The molecule has 1 fully saturated rings. The van der Waals surface area contributed by atoms with Crippen molar-refractivity contribution in [2.24, 2.45) is 11.1 Å². The smallest absolute Gasteiger partial charge is 0.238 e. The minimum absolute atomic E-state index is 0.267. The van der Waals surface area contributed by atoms with E-state index >= 15 is 0 Å². The molecule has 5 nitrogen and oxygen atoms in total. The standard InChI is InChI=1S/C7H13N3O2/c1-2-10-6(12)7(5(8)11)3-9-4-7/h9H,2-4H2,1H3,(H2,8,11)(H,10,12). The summed E-state index contributed by atoms with van der Waals surface area (Å²) in [4.78, 5) is 22.3. The van der Waals surface area contributed by atoms with Crippen molar-refractivity contribution in [1.82, 2.24) is 10.6 Å². The summed E-state index contributed by atoms with van der Waals surface area (Å²) in [5.74, 6) is -0.816. The van der Waals surface area contributed by atoms with Gasteiger partial charge in [-0.15, -0.1) is 0 Å². The lowest BCUT2D eigenvalue weighted by Crippen LogP contribution is -2.67. The molecule has 1 aliphatic heterocycles. The Hall–Kier alpha value is -1.10. The minimum Gasteiger partial charge on any atom is -0.369 e. The zero-order valence-electron chi connectivity index (χ0n) is 7.02. The van der Waals surface area contributed by atoms with Gasteiger partial charge in [0, 0.05) is 19.6 Å². The quantitative estimate of drug-likeness (QED) is 0.438. The Balaban J connectivity index is 2.67. The van der Waals surface area contributed by atoms with Crippen LogP contribution in [-0.2, 0) is 9.59 Å². The second-order valence-electron chi connectivity index (χ2n) is 2.91. The van der Waals surface area contributed by atoms with Gasteiger partial charge >= 0.3 is 0 Å². The molecule has 0 aromatic rings. The second-order valence-corrected chi connectivity index (χ2v) is 2.91. The fourth-order valence-corrected chi connectivity index (χ4v) is 1.15. The number of rotatable bonds is 3. The van der Waals surface area contributed by atoms with E-state index in [-0.39, 0.29) is 5.91 Å². The Morgan fingerprint density at radius 1 is 1.58 bits per heavy atom. The van der Waals surface area contributed by atoms with Crippen LogP contribution in [-0.4, -0.2) is 31.4 Å². The first-order chi connectivity index (χ1) is 5.63. The molecule has 0 saturated carbocycles. The van der Waals surface area contributed by atoms with Crippen LogP contribution >= 0.6 is 0 Å².